The van der Waals surface area contributed by atoms with Gasteiger partial charge < -0.3 is 10.5 Å². The van der Waals surface area contributed by atoms with Crippen LogP contribution in [-0.2, 0) is 6.42 Å². The summed E-state index contributed by atoms with van der Waals surface area (Å²) in [6.07, 6.45) is 0.398. The highest BCUT2D eigenvalue weighted by molar-refractivity contribution is 6.30. The second-order valence-electron chi connectivity index (χ2n) is 4.63. The maximum absolute atomic E-state index is 13.9. The molecule has 0 bridgehead atoms. The van der Waals surface area contributed by atoms with Crippen molar-refractivity contribution < 1.29 is 13.5 Å². The molecular weight excluding hydrogens is 284 g/mol. The second kappa shape index (κ2) is 6.20. The Morgan fingerprint density at radius 1 is 1.15 bits per heavy atom. The Labute approximate surface area is 121 Å². The summed E-state index contributed by atoms with van der Waals surface area (Å²) in [7, 11) is 0. The van der Waals surface area contributed by atoms with E-state index in [0.717, 1.165) is 0 Å². The van der Waals surface area contributed by atoms with E-state index in [0.29, 0.717) is 22.8 Å². The molecular formula is C15H14ClF2NO. The molecule has 0 heterocycles. The van der Waals surface area contributed by atoms with Crippen molar-refractivity contribution in [3.63, 3.8) is 0 Å². The van der Waals surface area contributed by atoms with Gasteiger partial charge in [0.1, 0.15) is 5.75 Å². The fraction of sp³-hybridized carbons (Fsp3) is 0.200. The Kier molecular flexibility index (Phi) is 4.57. The highest BCUT2D eigenvalue weighted by Gasteiger charge is 2.14. The minimum absolute atomic E-state index is 0.170. The Balaban J connectivity index is 2.26. The molecule has 0 saturated carbocycles. The van der Waals surface area contributed by atoms with Gasteiger partial charge >= 0.3 is 0 Å². The molecule has 2 nitrogen and oxygen atoms in total. The van der Waals surface area contributed by atoms with Gasteiger partial charge in [0, 0.05) is 11.1 Å². The van der Waals surface area contributed by atoms with Crippen LogP contribution < -0.4 is 10.5 Å². The molecule has 20 heavy (non-hydrogen) atoms. The molecule has 0 radical (unpaired) electrons. The smallest absolute Gasteiger partial charge is 0.198 e. The van der Waals surface area contributed by atoms with Gasteiger partial charge in [-0.25, -0.2) is 8.78 Å². The summed E-state index contributed by atoms with van der Waals surface area (Å²) in [5, 5.41) is 0.519. The van der Waals surface area contributed by atoms with Crippen LogP contribution in [0.3, 0.4) is 0 Å². The zero-order valence-corrected chi connectivity index (χ0v) is 11.6. The third kappa shape index (κ3) is 3.68. The molecule has 5 heteroatoms. The summed E-state index contributed by atoms with van der Waals surface area (Å²) in [5.41, 5.74) is 6.11. The Morgan fingerprint density at radius 2 is 1.70 bits per heavy atom. The highest BCUT2D eigenvalue weighted by Crippen LogP contribution is 2.29. The van der Waals surface area contributed by atoms with Gasteiger partial charge in [-0.2, -0.15) is 0 Å². The van der Waals surface area contributed by atoms with Crippen LogP contribution in [0.25, 0.3) is 0 Å². The predicted molar refractivity (Wildman–Crippen MR) is 75.2 cm³/mol. The molecule has 2 N–H and O–H groups in total. The molecule has 0 saturated heterocycles. The van der Waals surface area contributed by atoms with Gasteiger partial charge in [0.15, 0.2) is 17.4 Å². The molecule has 0 amide bonds. The van der Waals surface area contributed by atoms with E-state index in [-0.39, 0.29) is 6.04 Å². The molecule has 2 aromatic rings. The first-order valence-corrected chi connectivity index (χ1v) is 6.50. The molecule has 2 rings (SSSR count). The number of rotatable bonds is 4. The molecule has 2 aromatic carbocycles. The maximum atomic E-state index is 13.9. The summed E-state index contributed by atoms with van der Waals surface area (Å²) in [6.45, 7) is 1.77. The minimum atomic E-state index is -0.754. The van der Waals surface area contributed by atoms with E-state index in [1.807, 2.05) is 0 Å². The van der Waals surface area contributed by atoms with Crippen molar-refractivity contribution in [3.8, 4) is 11.5 Å². The summed E-state index contributed by atoms with van der Waals surface area (Å²) in [4.78, 5) is 0. The molecule has 0 aromatic heterocycles. The van der Waals surface area contributed by atoms with E-state index < -0.39 is 17.4 Å². The van der Waals surface area contributed by atoms with Gasteiger partial charge in [0.2, 0.25) is 0 Å². The Bertz CT molecular complexity index is 576. The van der Waals surface area contributed by atoms with E-state index in [9.17, 15) is 8.78 Å². The zero-order valence-electron chi connectivity index (χ0n) is 10.9. The lowest BCUT2D eigenvalue weighted by molar-refractivity contribution is 0.406. The number of benzene rings is 2. The Morgan fingerprint density at radius 3 is 2.20 bits per heavy atom. The molecule has 0 aliphatic heterocycles. The van der Waals surface area contributed by atoms with E-state index >= 15 is 0 Å². The average molecular weight is 298 g/mol. The fourth-order valence-corrected chi connectivity index (χ4v) is 1.95. The van der Waals surface area contributed by atoms with Crippen LogP contribution in [-0.4, -0.2) is 6.04 Å². The van der Waals surface area contributed by atoms with Crippen molar-refractivity contribution in [1.29, 1.82) is 0 Å². The number of ether oxygens (including phenoxy) is 1. The zero-order chi connectivity index (χ0) is 14.7. The second-order valence-corrected chi connectivity index (χ2v) is 5.06. The van der Waals surface area contributed by atoms with Gasteiger partial charge in [-0.05, 0) is 55.3 Å². The summed E-state index contributed by atoms with van der Waals surface area (Å²) >= 11 is 5.73. The van der Waals surface area contributed by atoms with Crippen LogP contribution in [0.15, 0.2) is 36.4 Å². The van der Waals surface area contributed by atoms with E-state index in [1.54, 1.807) is 19.1 Å². The van der Waals surface area contributed by atoms with Crippen LogP contribution in [0.2, 0.25) is 5.02 Å². The quantitative estimate of drug-likeness (QED) is 0.913. The monoisotopic (exact) mass is 297 g/mol. The van der Waals surface area contributed by atoms with E-state index in [1.165, 1.54) is 24.3 Å². The largest absolute Gasteiger partial charge is 0.451 e. The number of hydrogen-bond acceptors (Lipinski definition) is 2. The first kappa shape index (κ1) is 14.8. The topological polar surface area (TPSA) is 35.2 Å². The SMILES string of the molecule is CC(N)Cc1cc(F)c(Oc2ccc(Cl)cc2)c(F)c1. The summed E-state index contributed by atoms with van der Waals surface area (Å²) < 4.78 is 33.0. The maximum Gasteiger partial charge on any atom is 0.198 e. The molecule has 1 atom stereocenters. The Hall–Kier alpha value is -1.65. The third-order valence-corrected chi connectivity index (χ3v) is 2.90. The minimum Gasteiger partial charge on any atom is -0.451 e. The first-order chi connectivity index (χ1) is 9.45. The van der Waals surface area contributed by atoms with E-state index in [4.69, 9.17) is 22.1 Å². The highest BCUT2D eigenvalue weighted by atomic mass is 35.5. The number of hydrogen-bond donors (Lipinski definition) is 1. The van der Waals surface area contributed by atoms with Crippen molar-refractivity contribution >= 4 is 11.6 Å². The van der Waals surface area contributed by atoms with Crippen LogP contribution in [0.4, 0.5) is 8.78 Å². The first-order valence-electron chi connectivity index (χ1n) is 6.12. The lowest BCUT2D eigenvalue weighted by Gasteiger charge is -2.11. The van der Waals surface area contributed by atoms with Gasteiger partial charge in [0.25, 0.3) is 0 Å². The van der Waals surface area contributed by atoms with Crippen molar-refractivity contribution in [1.82, 2.24) is 0 Å². The van der Waals surface area contributed by atoms with Crippen molar-refractivity contribution in [2.45, 2.75) is 19.4 Å². The molecule has 0 aliphatic carbocycles. The van der Waals surface area contributed by atoms with Gasteiger partial charge in [-0.15, -0.1) is 0 Å². The van der Waals surface area contributed by atoms with Gasteiger partial charge in [0.05, 0.1) is 0 Å². The van der Waals surface area contributed by atoms with Crippen LogP contribution in [0, 0.1) is 11.6 Å². The van der Waals surface area contributed by atoms with E-state index in [2.05, 4.69) is 0 Å². The fourth-order valence-electron chi connectivity index (χ4n) is 1.82. The number of nitrogens with two attached hydrogens (primary N) is 1. The van der Waals surface area contributed by atoms with Crippen LogP contribution in [0.5, 0.6) is 11.5 Å². The lowest BCUT2D eigenvalue weighted by Crippen LogP contribution is -2.18. The van der Waals surface area contributed by atoms with Crippen molar-refractivity contribution in [3.05, 3.63) is 58.6 Å². The molecule has 0 aliphatic rings. The van der Waals surface area contributed by atoms with Gasteiger partial charge in [-0.1, -0.05) is 11.6 Å². The van der Waals surface area contributed by atoms with Crippen LogP contribution >= 0.6 is 11.6 Å². The molecule has 0 spiro atoms. The number of halogens is 3. The standard InChI is InChI=1S/C15H14ClF2NO/c1-9(19)6-10-7-13(17)15(14(18)8-10)20-12-4-2-11(16)3-5-12/h2-5,7-9H,6,19H2,1H3. The van der Waals surface area contributed by atoms with Crippen molar-refractivity contribution in [2.24, 2.45) is 5.73 Å². The third-order valence-electron chi connectivity index (χ3n) is 2.65. The normalized spacial score (nSPS) is 12.2. The van der Waals surface area contributed by atoms with Gasteiger partial charge in [-0.3, -0.25) is 0 Å². The average Bonchev–Trinajstić information content (AvgIpc) is 2.35. The predicted octanol–water partition coefficient (Wildman–Crippen LogP) is 4.30. The summed E-state index contributed by atoms with van der Waals surface area (Å²) in [6, 6.07) is 8.54. The van der Waals surface area contributed by atoms with Crippen molar-refractivity contribution in [2.75, 3.05) is 0 Å². The molecule has 1 unspecified atom stereocenters. The summed E-state index contributed by atoms with van der Waals surface area (Å²) in [5.74, 6) is -1.63. The molecule has 106 valence electrons. The molecule has 0 fully saturated rings. The van der Waals surface area contributed by atoms with Crippen LogP contribution in [0.1, 0.15) is 12.5 Å². The lowest BCUT2D eigenvalue weighted by atomic mass is 10.1.